The van der Waals surface area contributed by atoms with E-state index in [1.165, 1.54) is 0 Å². The first-order valence-corrected chi connectivity index (χ1v) is 9.66. The Balaban J connectivity index is 1.61. The van der Waals surface area contributed by atoms with Crippen LogP contribution in [0.3, 0.4) is 0 Å². The number of hydrogen-bond donors (Lipinski definition) is 2. The molecule has 144 valence electrons. The lowest BCUT2D eigenvalue weighted by Gasteiger charge is -2.59. The summed E-state index contributed by atoms with van der Waals surface area (Å²) in [6.07, 6.45) is 4.38. The van der Waals surface area contributed by atoms with Crippen molar-refractivity contribution in [2.45, 2.75) is 71.4 Å². The molecule has 0 amide bonds. The Hall–Kier alpha value is -1.40. The Morgan fingerprint density at radius 1 is 1.38 bits per heavy atom. The third kappa shape index (κ3) is 2.45. The topological polar surface area (TPSA) is 96.4 Å². The Kier molecular flexibility index (Phi) is 4.01. The van der Waals surface area contributed by atoms with Crippen LogP contribution in [0.15, 0.2) is 11.6 Å². The molecular weight excluding hydrogens is 336 g/mol. The SMILES string of the molecule is C[C@@H]1[C@H](O)C[C@@]2(C)C(C(=O)O)=CCC[C@@H]2[C@@]1(C)CCC1C(=O)OC2OC21. The van der Waals surface area contributed by atoms with Crippen molar-refractivity contribution in [1.82, 2.24) is 0 Å². The molecule has 2 aliphatic carbocycles. The fourth-order valence-corrected chi connectivity index (χ4v) is 6.12. The molecule has 0 aromatic rings. The first kappa shape index (κ1) is 18.0. The highest BCUT2D eigenvalue weighted by molar-refractivity contribution is 5.88. The van der Waals surface area contributed by atoms with Gasteiger partial charge in [-0.05, 0) is 49.4 Å². The first-order valence-electron chi connectivity index (χ1n) is 9.66. The second-order valence-corrected chi connectivity index (χ2v) is 9.09. The van der Waals surface area contributed by atoms with E-state index in [2.05, 4.69) is 13.8 Å². The minimum Gasteiger partial charge on any atom is -0.478 e. The molecule has 1 saturated carbocycles. The van der Waals surface area contributed by atoms with Gasteiger partial charge >= 0.3 is 11.9 Å². The van der Waals surface area contributed by atoms with Gasteiger partial charge in [0, 0.05) is 11.0 Å². The standard InChI is InChI=1S/C20H28O6/c1-10-13(21)9-20(3)12(16(22)23)5-4-6-14(20)19(10,2)8-7-11-15-18(25-15)26-17(11)24/h5,10-11,13-15,18,21H,4,6-9H2,1-3H3,(H,22,23)/t10-,11?,13-,14-,15?,18?,19+,20+/m1/s1. The zero-order valence-corrected chi connectivity index (χ0v) is 15.6. The highest BCUT2D eigenvalue weighted by Gasteiger charge is 2.61. The minimum absolute atomic E-state index is 0.0436. The molecular formula is C20H28O6. The number of allylic oxidation sites excluding steroid dienone is 1. The molecule has 3 unspecified atom stereocenters. The summed E-state index contributed by atoms with van der Waals surface area (Å²) < 4.78 is 10.5. The van der Waals surface area contributed by atoms with Crippen LogP contribution in [0.4, 0.5) is 0 Å². The summed E-state index contributed by atoms with van der Waals surface area (Å²) >= 11 is 0. The maximum Gasteiger partial charge on any atom is 0.331 e. The molecule has 0 aromatic carbocycles. The smallest absolute Gasteiger partial charge is 0.331 e. The molecule has 4 aliphatic rings. The molecule has 2 saturated heterocycles. The van der Waals surface area contributed by atoms with Crippen molar-refractivity contribution < 1.29 is 29.3 Å². The lowest BCUT2D eigenvalue weighted by Crippen LogP contribution is -2.56. The molecule has 0 bridgehead atoms. The van der Waals surface area contributed by atoms with Crippen molar-refractivity contribution in [3.63, 3.8) is 0 Å². The number of carbonyl (C=O) groups excluding carboxylic acids is 1. The average Bonchev–Trinajstić information content (AvgIpc) is 3.24. The molecule has 2 N–H and O–H groups in total. The summed E-state index contributed by atoms with van der Waals surface area (Å²) in [5.41, 5.74) is -0.342. The van der Waals surface area contributed by atoms with Gasteiger partial charge in [0.05, 0.1) is 12.0 Å². The van der Waals surface area contributed by atoms with Crippen LogP contribution < -0.4 is 0 Å². The molecule has 2 aliphatic heterocycles. The van der Waals surface area contributed by atoms with Crippen LogP contribution in [0, 0.1) is 28.6 Å². The normalized spacial score (nSPS) is 49.7. The van der Waals surface area contributed by atoms with Gasteiger partial charge < -0.3 is 19.7 Å². The van der Waals surface area contributed by atoms with Gasteiger partial charge in [0.25, 0.3) is 0 Å². The van der Waals surface area contributed by atoms with Crippen molar-refractivity contribution in [3.05, 3.63) is 11.6 Å². The summed E-state index contributed by atoms with van der Waals surface area (Å²) in [7, 11) is 0. The van der Waals surface area contributed by atoms with Crippen molar-refractivity contribution in [3.8, 4) is 0 Å². The third-order valence-corrected chi connectivity index (χ3v) is 7.87. The van der Waals surface area contributed by atoms with Gasteiger partial charge in [-0.25, -0.2) is 4.79 Å². The van der Waals surface area contributed by atoms with Gasteiger partial charge in [-0.3, -0.25) is 4.79 Å². The van der Waals surface area contributed by atoms with E-state index < -0.39 is 17.5 Å². The average molecular weight is 364 g/mol. The van der Waals surface area contributed by atoms with E-state index in [9.17, 15) is 19.8 Å². The van der Waals surface area contributed by atoms with Gasteiger partial charge in [0.2, 0.25) is 6.29 Å². The number of esters is 1. The van der Waals surface area contributed by atoms with Gasteiger partial charge in [0.1, 0.15) is 6.10 Å². The number of rotatable bonds is 4. The quantitative estimate of drug-likeness (QED) is 0.588. The van der Waals surface area contributed by atoms with E-state index in [4.69, 9.17) is 9.47 Å². The number of fused-ring (bicyclic) bond motifs is 2. The summed E-state index contributed by atoms with van der Waals surface area (Å²) in [6.45, 7) is 6.22. The number of carboxylic acid groups (broad SMARTS) is 1. The molecule has 3 fully saturated rings. The van der Waals surface area contributed by atoms with E-state index >= 15 is 0 Å². The monoisotopic (exact) mass is 364 g/mol. The zero-order valence-electron chi connectivity index (χ0n) is 15.6. The maximum atomic E-state index is 12.0. The van der Waals surface area contributed by atoms with Crippen molar-refractivity contribution in [2.24, 2.45) is 28.6 Å². The number of carbonyl (C=O) groups is 2. The van der Waals surface area contributed by atoms with Crippen LogP contribution in [0.2, 0.25) is 0 Å². The minimum atomic E-state index is -0.880. The molecule has 8 atom stereocenters. The largest absolute Gasteiger partial charge is 0.478 e. The molecule has 0 radical (unpaired) electrons. The predicted octanol–water partition coefficient (Wildman–Crippen LogP) is 2.50. The third-order valence-electron chi connectivity index (χ3n) is 7.87. The molecule has 6 heteroatoms. The Labute approximate surface area is 153 Å². The summed E-state index contributed by atoms with van der Waals surface area (Å²) in [5.74, 6) is -1.08. The molecule has 26 heavy (non-hydrogen) atoms. The van der Waals surface area contributed by atoms with Crippen LogP contribution in [0.25, 0.3) is 0 Å². The number of hydrogen-bond acceptors (Lipinski definition) is 5. The van der Waals surface area contributed by atoms with E-state index in [0.29, 0.717) is 18.4 Å². The van der Waals surface area contributed by atoms with Crippen LogP contribution in [-0.2, 0) is 19.1 Å². The van der Waals surface area contributed by atoms with E-state index in [-0.39, 0.29) is 41.5 Å². The van der Waals surface area contributed by atoms with Gasteiger partial charge in [-0.2, -0.15) is 0 Å². The Bertz CT molecular complexity index is 671. The van der Waals surface area contributed by atoms with Gasteiger partial charge in [-0.1, -0.05) is 26.8 Å². The molecule has 2 heterocycles. The first-order chi connectivity index (χ1) is 12.2. The molecule has 0 aromatic heterocycles. The van der Waals surface area contributed by atoms with Crippen molar-refractivity contribution in [2.75, 3.05) is 0 Å². The Morgan fingerprint density at radius 2 is 2.12 bits per heavy atom. The fourth-order valence-electron chi connectivity index (χ4n) is 6.12. The molecule has 0 spiro atoms. The van der Waals surface area contributed by atoms with Gasteiger partial charge in [-0.15, -0.1) is 0 Å². The van der Waals surface area contributed by atoms with E-state index in [0.717, 1.165) is 19.3 Å². The number of aliphatic hydroxyl groups excluding tert-OH is 1. The summed E-state index contributed by atoms with van der Waals surface area (Å²) in [6, 6.07) is 0. The van der Waals surface area contributed by atoms with E-state index in [1.807, 2.05) is 13.0 Å². The second-order valence-electron chi connectivity index (χ2n) is 9.09. The van der Waals surface area contributed by atoms with Crippen LogP contribution in [0.1, 0.15) is 52.9 Å². The second kappa shape index (κ2) is 5.80. The van der Waals surface area contributed by atoms with Crippen molar-refractivity contribution in [1.29, 1.82) is 0 Å². The number of carboxylic acids is 1. The lowest BCUT2D eigenvalue weighted by molar-refractivity contribution is -0.153. The zero-order chi connectivity index (χ0) is 18.9. The number of aliphatic carboxylic acids is 1. The summed E-state index contributed by atoms with van der Waals surface area (Å²) in [4.78, 5) is 23.8. The predicted molar refractivity (Wildman–Crippen MR) is 91.9 cm³/mol. The highest BCUT2D eigenvalue weighted by atomic mass is 16.8. The van der Waals surface area contributed by atoms with Crippen molar-refractivity contribution >= 4 is 11.9 Å². The molecule has 6 nitrogen and oxygen atoms in total. The fraction of sp³-hybridized carbons (Fsp3) is 0.800. The maximum absolute atomic E-state index is 12.0. The lowest BCUT2D eigenvalue weighted by atomic mass is 9.46. The van der Waals surface area contributed by atoms with Gasteiger partial charge in [0.15, 0.2) is 0 Å². The Morgan fingerprint density at radius 3 is 2.73 bits per heavy atom. The number of ether oxygens (including phenoxy) is 2. The highest BCUT2D eigenvalue weighted by Crippen LogP contribution is 2.62. The van der Waals surface area contributed by atoms with Crippen LogP contribution >= 0.6 is 0 Å². The van der Waals surface area contributed by atoms with Crippen LogP contribution in [0.5, 0.6) is 0 Å². The molecule has 4 rings (SSSR count). The van der Waals surface area contributed by atoms with E-state index in [1.54, 1.807) is 0 Å². The summed E-state index contributed by atoms with van der Waals surface area (Å²) in [5, 5.41) is 20.5. The number of epoxide rings is 1. The number of aliphatic hydroxyl groups is 1. The van der Waals surface area contributed by atoms with Crippen LogP contribution in [-0.4, -0.2) is 40.6 Å².